The molecule has 16 heavy (non-hydrogen) atoms. The van der Waals surface area contributed by atoms with Crippen LogP contribution in [0.3, 0.4) is 0 Å². The van der Waals surface area contributed by atoms with E-state index in [1.807, 2.05) is 0 Å². The van der Waals surface area contributed by atoms with E-state index in [0.29, 0.717) is 0 Å². The highest BCUT2D eigenvalue weighted by Gasteiger charge is 2.16. The Morgan fingerprint density at radius 2 is 1.25 bits per heavy atom. The van der Waals surface area contributed by atoms with Gasteiger partial charge in [0.2, 0.25) is 0 Å². The van der Waals surface area contributed by atoms with Crippen molar-refractivity contribution in [3.63, 3.8) is 0 Å². The van der Waals surface area contributed by atoms with Crippen molar-refractivity contribution in [1.29, 1.82) is 0 Å². The Morgan fingerprint density at radius 1 is 0.812 bits per heavy atom. The van der Waals surface area contributed by atoms with E-state index in [1.54, 1.807) is 0 Å². The minimum atomic E-state index is 0.744. The molecule has 0 spiro atoms. The third-order valence-electron chi connectivity index (χ3n) is 3.61. The number of hydrogen-bond donors (Lipinski definition) is 0. The van der Waals surface area contributed by atoms with E-state index in [0.717, 1.165) is 20.2 Å². The average molecular weight is 228 g/mol. The number of rotatable bonds is 8. The molecule has 0 aromatic carbocycles. The fourth-order valence-corrected chi connectivity index (χ4v) is 1.82. The summed E-state index contributed by atoms with van der Waals surface area (Å²) in [6.45, 7) is 16.4. The third-order valence-corrected chi connectivity index (χ3v) is 3.61. The Morgan fingerprint density at radius 3 is 1.44 bits per heavy atom. The minimum Gasteiger partial charge on any atom is -0.885 e. The van der Waals surface area contributed by atoms with Crippen LogP contribution in [0.1, 0.15) is 53.9 Å². The zero-order valence-electron chi connectivity index (χ0n) is 12.1. The van der Waals surface area contributed by atoms with E-state index in [2.05, 4.69) is 34.6 Å². The van der Waals surface area contributed by atoms with Gasteiger partial charge in [-0.2, -0.15) is 0 Å². The fourth-order valence-electron chi connectivity index (χ4n) is 1.82. The number of quaternary nitrogens is 1. The number of hydrogen-bond acceptors (Lipinski definition) is 1. The molecule has 0 heterocycles. The summed E-state index contributed by atoms with van der Waals surface area (Å²) in [6.07, 6.45) is 4.21. The Hall–Kier alpha value is -0.0151. The van der Waals surface area contributed by atoms with Gasteiger partial charge in [-0.15, -0.1) is 6.32 Å². The molecule has 1 radical (unpaired) electrons. The molecule has 0 saturated carbocycles. The molecule has 0 amide bonds. The molecule has 0 unspecified atom stereocenters. The molecule has 0 N–H and O–H groups in total. The van der Waals surface area contributed by atoms with Crippen molar-refractivity contribution in [2.75, 3.05) is 26.2 Å². The van der Waals surface area contributed by atoms with Crippen LogP contribution in [0.25, 0.3) is 0 Å². The molecule has 2 nitrogen and oxygen atoms in total. The van der Waals surface area contributed by atoms with Crippen molar-refractivity contribution in [3.05, 3.63) is 0 Å². The summed E-state index contributed by atoms with van der Waals surface area (Å²) < 4.78 is 1.28. The average Bonchev–Trinajstić information content (AvgIpc) is 2.34. The molecular formula is C13H31BNO. The van der Waals surface area contributed by atoms with Crippen molar-refractivity contribution < 1.29 is 9.51 Å². The zero-order valence-corrected chi connectivity index (χ0v) is 12.1. The SMILES string of the molecule is CCCCC[B][O-].CC[N+](CC)(CC)CC. The molecule has 0 bridgehead atoms. The van der Waals surface area contributed by atoms with Gasteiger partial charge in [-0.05, 0) is 35.2 Å². The van der Waals surface area contributed by atoms with Gasteiger partial charge in [0, 0.05) is 0 Å². The molecular weight excluding hydrogens is 197 g/mol. The monoisotopic (exact) mass is 228 g/mol. The standard InChI is InChI=1S/C8H20N.C5H11BO/c1-5-9(6-2,7-3)8-4;1-2-3-4-5-6-7/h5-8H2,1-4H3;2-5H2,1H3/q+1;-1. The molecule has 0 atom stereocenters. The van der Waals surface area contributed by atoms with Crippen molar-refractivity contribution >= 4 is 7.48 Å². The first-order valence-electron chi connectivity index (χ1n) is 6.94. The van der Waals surface area contributed by atoms with Gasteiger partial charge in [0.15, 0.2) is 0 Å². The normalized spacial score (nSPS) is 10.6. The molecule has 0 aliphatic carbocycles. The highest BCUT2D eigenvalue weighted by atomic mass is 16.2. The molecule has 0 rings (SSSR count). The van der Waals surface area contributed by atoms with E-state index < -0.39 is 0 Å². The zero-order chi connectivity index (χ0) is 12.9. The first-order valence-corrected chi connectivity index (χ1v) is 6.94. The van der Waals surface area contributed by atoms with Crippen molar-refractivity contribution in [2.24, 2.45) is 0 Å². The lowest BCUT2D eigenvalue weighted by Gasteiger charge is -2.34. The van der Waals surface area contributed by atoms with Gasteiger partial charge in [-0.3, -0.25) is 0 Å². The molecule has 0 aliphatic heterocycles. The molecule has 3 heteroatoms. The molecule has 97 valence electrons. The molecule has 0 aromatic rings. The molecule has 0 saturated heterocycles. The maximum Gasteiger partial charge on any atom is 0.0757 e. The van der Waals surface area contributed by atoms with Gasteiger partial charge >= 0.3 is 0 Å². The van der Waals surface area contributed by atoms with Crippen molar-refractivity contribution in [2.45, 2.75) is 60.2 Å². The summed E-state index contributed by atoms with van der Waals surface area (Å²) in [4.78, 5) is 0. The lowest BCUT2D eigenvalue weighted by Crippen LogP contribution is -2.47. The van der Waals surface area contributed by atoms with Crippen LogP contribution < -0.4 is 5.02 Å². The summed E-state index contributed by atoms with van der Waals surface area (Å²) >= 11 is 0. The van der Waals surface area contributed by atoms with Gasteiger partial charge in [-0.1, -0.05) is 26.2 Å². The maximum absolute atomic E-state index is 9.68. The summed E-state index contributed by atoms with van der Waals surface area (Å²) in [7, 11) is 0.982. The Balaban J connectivity index is 0. The summed E-state index contributed by atoms with van der Waals surface area (Å²) in [5.41, 5.74) is 0. The second-order valence-corrected chi connectivity index (χ2v) is 4.27. The van der Waals surface area contributed by atoms with Crippen LogP contribution in [0, 0.1) is 0 Å². The van der Waals surface area contributed by atoms with Crippen LogP contribution >= 0.6 is 0 Å². The van der Waals surface area contributed by atoms with Crippen molar-refractivity contribution in [1.82, 2.24) is 0 Å². The largest absolute Gasteiger partial charge is 0.885 e. The van der Waals surface area contributed by atoms with Crippen LogP contribution in [-0.4, -0.2) is 38.1 Å². The smallest absolute Gasteiger partial charge is 0.0757 e. The van der Waals surface area contributed by atoms with Gasteiger partial charge in [0.05, 0.1) is 26.2 Å². The lowest BCUT2D eigenvalue weighted by molar-refractivity contribution is -0.921. The minimum absolute atomic E-state index is 0.744. The van der Waals surface area contributed by atoms with Gasteiger partial charge < -0.3 is 9.51 Å². The van der Waals surface area contributed by atoms with Crippen molar-refractivity contribution in [3.8, 4) is 0 Å². The Kier molecular flexibility index (Phi) is 15.0. The van der Waals surface area contributed by atoms with Gasteiger partial charge in [0.25, 0.3) is 0 Å². The predicted molar refractivity (Wildman–Crippen MR) is 72.5 cm³/mol. The summed E-state index contributed by atoms with van der Waals surface area (Å²) in [5.74, 6) is 0. The quantitative estimate of drug-likeness (QED) is 0.355. The Bertz CT molecular complexity index is 106. The van der Waals surface area contributed by atoms with Gasteiger partial charge in [0.1, 0.15) is 0 Å². The van der Waals surface area contributed by atoms with E-state index >= 15 is 0 Å². The summed E-state index contributed by atoms with van der Waals surface area (Å²) in [5, 5.41) is 9.68. The number of unbranched alkanes of at least 4 members (excludes halogenated alkanes) is 2. The highest BCUT2D eigenvalue weighted by Crippen LogP contribution is 2.03. The second-order valence-electron chi connectivity index (χ2n) is 4.27. The van der Waals surface area contributed by atoms with E-state index in [1.165, 1.54) is 43.5 Å². The predicted octanol–water partition coefficient (Wildman–Crippen LogP) is 2.46. The van der Waals surface area contributed by atoms with E-state index in [9.17, 15) is 5.02 Å². The first-order chi connectivity index (χ1) is 7.66. The maximum atomic E-state index is 9.68. The van der Waals surface area contributed by atoms with Crippen LogP contribution in [0.15, 0.2) is 0 Å². The van der Waals surface area contributed by atoms with Gasteiger partial charge in [-0.25, -0.2) is 0 Å². The van der Waals surface area contributed by atoms with E-state index in [-0.39, 0.29) is 0 Å². The first kappa shape index (κ1) is 18.4. The van der Waals surface area contributed by atoms with Crippen LogP contribution in [-0.2, 0) is 0 Å². The van der Waals surface area contributed by atoms with Crippen LogP contribution in [0.5, 0.6) is 0 Å². The molecule has 0 aromatic heterocycles. The van der Waals surface area contributed by atoms with Crippen LogP contribution in [0.2, 0.25) is 6.32 Å². The molecule has 0 fully saturated rings. The topological polar surface area (TPSA) is 23.1 Å². The lowest BCUT2D eigenvalue weighted by atomic mass is 9.92. The number of nitrogens with zero attached hydrogens (tertiary/aromatic N) is 1. The fraction of sp³-hybridized carbons (Fsp3) is 1.00. The Labute approximate surface area is 104 Å². The summed E-state index contributed by atoms with van der Waals surface area (Å²) in [6, 6.07) is 0. The highest BCUT2D eigenvalue weighted by molar-refractivity contribution is 6.22. The van der Waals surface area contributed by atoms with Crippen LogP contribution in [0.4, 0.5) is 0 Å². The molecule has 0 aliphatic rings. The van der Waals surface area contributed by atoms with E-state index in [4.69, 9.17) is 0 Å². The second kappa shape index (κ2) is 13.1. The third kappa shape index (κ3) is 9.23.